The van der Waals surface area contributed by atoms with E-state index in [0.717, 1.165) is 18.7 Å². The first kappa shape index (κ1) is 14.5. The average Bonchev–Trinajstić information content (AvgIpc) is 2.42. The van der Waals surface area contributed by atoms with Crippen LogP contribution in [-0.4, -0.2) is 12.6 Å². The van der Waals surface area contributed by atoms with Crippen LogP contribution in [0.25, 0.3) is 0 Å². The summed E-state index contributed by atoms with van der Waals surface area (Å²) in [6.07, 6.45) is 1.45. The van der Waals surface area contributed by atoms with Gasteiger partial charge < -0.3 is 10.1 Å². The summed E-state index contributed by atoms with van der Waals surface area (Å²) in [6, 6.07) is 10.4. The number of benzene rings is 1. The Morgan fingerprint density at radius 1 is 1.39 bits per heavy atom. The van der Waals surface area contributed by atoms with Gasteiger partial charge in [-0.05, 0) is 44.0 Å². The van der Waals surface area contributed by atoms with Gasteiger partial charge in [0.1, 0.15) is 11.8 Å². The van der Waals surface area contributed by atoms with Crippen LogP contribution in [-0.2, 0) is 0 Å². The van der Waals surface area contributed by atoms with Crippen LogP contribution in [0.3, 0.4) is 0 Å². The molecule has 0 heterocycles. The molecule has 0 aliphatic heterocycles. The van der Waals surface area contributed by atoms with Crippen LogP contribution in [0.1, 0.15) is 45.2 Å². The quantitative estimate of drug-likeness (QED) is 0.801. The smallest absolute Gasteiger partial charge is 0.184 e. The van der Waals surface area contributed by atoms with Crippen LogP contribution in [0.5, 0.6) is 5.75 Å². The minimum absolute atomic E-state index is 0.302. The van der Waals surface area contributed by atoms with Gasteiger partial charge in [-0.3, -0.25) is 0 Å². The van der Waals surface area contributed by atoms with Crippen molar-refractivity contribution in [3.63, 3.8) is 0 Å². The fourth-order valence-electron chi connectivity index (χ4n) is 1.70. The number of nitrogens with one attached hydrogen (secondary N) is 1. The van der Waals surface area contributed by atoms with Crippen LogP contribution >= 0.6 is 0 Å². The van der Waals surface area contributed by atoms with Gasteiger partial charge in [-0.2, -0.15) is 5.26 Å². The van der Waals surface area contributed by atoms with Crippen molar-refractivity contribution in [1.29, 1.82) is 5.26 Å². The molecule has 0 saturated heterocycles. The standard InChI is InChI=1S/C15H22N2O/c1-4-9-17-12(3)13-7-6-8-15(10-13)18-14(5-2)11-16/h6-8,10,12,14,17H,4-5,9H2,1-3H3. The molecule has 2 atom stereocenters. The maximum atomic E-state index is 8.89. The molecule has 3 nitrogen and oxygen atoms in total. The second-order valence-corrected chi connectivity index (χ2v) is 4.39. The normalized spacial score (nSPS) is 13.7. The van der Waals surface area contributed by atoms with Crippen LogP contribution in [0.15, 0.2) is 24.3 Å². The Morgan fingerprint density at radius 3 is 2.78 bits per heavy atom. The van der Waals surface area contributed by atoms with Crippen molar-refractivity contribution in [3.8, 4) is 11.8 Å². The summed E-state index contributed by atoms with van der Waals surface area (Å²) < 4.78 is 5.62. The lowest BCUT2D eigenvalue weighted by atomic mass is 10.1. The minimum atomic E-state index is -0.362. The van der Waals surface area contributed by atoms with E-state index in [0.29, 0.717) is 12.5 Å². The van der Waals surface area contributed by atoms with Crippen molar-refractivity contribution in [2.24, 2.45) is 0 Å². The molecule has 3 heteroatoms. The molecule has 0 fully saturated rings. The van der Waals surface area contributed by atoms with Crippen LogP contribution in [0.2, 0.25) is 0 Å². The summed E-state index contributed by atoms with van der Waals surface area (Å²) in [5, 5.41) is 12.3. The van der Waals surface area contributed by atoms with E-state index in [9.17, 15) is 0 Å². The molecule has 18 heavy (non-hydrogen) atoms. The molecule has 0 aliphatic rings. The lowest BCUT2D eigenvalue weighted by Crippen LogP contribution is -2.19. The predicted molar refractivity (Wildman–Crippen MR) is 73.5 cm³/mol. The number of hydrogen-bond acceptors (Lipinski definition) is 3. The molecule has 0 amide bonds. The van der Waals surface area contributed by atoms with E-state index in [1.165, 1.54) is 5.56 Å². The van der Waals surface area contributed by atoms with Crippen molar-refractivity contribution in [3.05, 3.63) is 29.8 Å². The monoisotopic (exact) mass is 246 g/mol. The summed E-state index contributed by atoms with van der Waals surface area (Å²) in [5.41, 5.74) is 1.19. The van der Waals surface area contributed by atoms with Crippen molar-refractivity contribution in [2.75, 3.05) is 6.54 Å². The molecule has 1 aromatic carbocycles. The highest BCUT2D eigenvalue weighted by Gasteiger charge is 2.08. The molecule has 0 aliphatic carbocycles. The molecule has 98 valence electrons. The SMILES string of the molecule is CCCNC(C)c1cccc(OC(C#N)CC)c1. The van der Waals surface area contributed by atoms with Crippen LogP contribution in [0.4, 0.5) is 0 Å². The number of ether oxygens (including phenoxy) is 1. The molecule has 1 N–H and O–H groups in total. The lowest BCUT2D eigenvalue weighted by molar-refractivity contribution is 0.251. The second kappa shape index (κ2) is 7.73. The molecule has 0 aromatic heterocycles. The molecule has 0 bridgehead atoms. The van der Waals surface area contributed by atoms with Gasteiger partial charge in [-0.15, -0.1) is 0 Å². The topological polar surface area (TPSA) is 45.0 Å². The molecular weight excluding hydrogens is 224 g/mol. The number of nitrogens with zero attached hydrogens (tertiary/aromatic N) is 1. The number of rotatable bonds is 7. The lowest BCUT2D eigenvalue weighted by Gasteiger charge is -2.16. The van der Waals surface area contributed by atoms with E-state index in [-0.39, 0.29) is 6.10 Å². The van der Waals surface area contributed by atoms with E-state index in [4.69, 9.17) is 10.00 Å². The first-order valence-electron chi connectivity index (χ1n) is 6.60. The highest BCUT2D eigenvalue weighted by Crippen LogP contribution is 2.20. The second-order valence-electron chi connectivity index (χ2n) is 4.39. The summed E-state index contributed by atoms with van der Waals surface area (Å²) in [5.74, 6) is 0.769. The summed E-state index contributed by atoms with van der Waals surface area (Å²) in [7, 11) is 0. The van der Waals surface area contributed by atoms with Crippen molar-refractivity contribution < 1.29 is 4.74 Å². The molecule has 1 aromatic rings. The van der Waals surface area contributed by atoms with Gasteiger partial charge in [0.2, 0.25) is 0 Å². The summed E-state index contributed by atoms with van der Waals surface area (Å²) >= 11 is 0. The Morgan fingerprint density at radius 2 is 2.17 bits per heavy atom. The third kappa shape index (κ3) is 4.38. The maximum Gasteiger partial charge on any atom is 0.184 e. The molecule has 0 spiro atoms. The van der Waals surface area contributed by atoms with Gasteiger partial charge in [-0.1, -0.05) is 26.0 Å². The minimum Gasteiger partial charge on any atom is -0.476 e. The van der Waals surface area contributed by atoms with Gasteiger partial charge in [0.15, 0.2) is 6.10 Å². The Kier molecular flexibility index (Phi) is 6.24. The van der Waals surface area contributed by atoms with Gasteiger partial charge in [0, 0.05) is 6.04 Å². The summed E-state index contributed by atoms with van der Waals surface area (Å²) in [6.45, 7) is 7.24. The van der Waals surface area contributed by atoms with Gasteiger partial charge in [0.25, 0.3) is 0 Å². The third-order valence-electron chi connectivity index (χ3n) is 2.85. The van der Waals surface area contributed by atoms with E-state index in [1.807, 2.05) is 25.1 Å². The van der Waals surface area contributed by atoms with Crippen LogP contribution in [0, 0.1) is 11.3 Å². The highest BCUT2D eigenvalue weighted by molar-refractivity contribution is 5.30. The van der Waals surface area contributed by atoms with E-state index in [1.54, 1.807) is 0 Å². The zero-order valence-electron chi connectivity index (χ0n) is 11.4. The van der Waals surface area contributed by atoms with E-state index < -0.39 is 0 Å². The maximum absolute atomic E-state index is 8.89. The fraction of sp³-hybridized carbons (Fsp3) is 0.533. The fourth-order valence-corrected chi connectivity index (χ4v) is 1.70. The van der Waals surface area contributed by atoms with Crippen LogP contribution < -0.4 is 10.1 Å². The zero-order chi connectivity index (χ0) is 13.4. The average molecular weight is 246 g/mol. The third-order valence-corrected chi connectivity index (χ3v) is 2.85. The van der Waals surface area contributed by atoms with Gasteiger partial charge >= 0.3 is 0 Å². The van der Waals surface area contributed by atoms with Gasteiger partial charge in [0.05, 0.1) is 0 Å². The van der Waals surface area contributed by atoms with Gasteiger partial charge in [-0.25, -0.2) is 0 Å². The van der Waals surface area contributed by atoms with Crippen molar-refractivity contribution in [1.82, 2.24) is 5.32 Å². The first-order chi connectivity index (χ1) is 8.71. The molecule has 0 saturated carbocycles. The Balaban J connectivity index is 2.70. The molecule has 1 rings (SSSR count). The Labute approximate surface area is 110 Å². The molecular formula is C15H22N2O. The number of hydrogen-bond donors (Lipinski definition) is 1. The molecule has 0 radical (unpaired) electrons. The number of nitriles is 1. The first-order valence-corrected chi connectivity index (χ1v) is 6.60. The van der Waals surface area contributed by atoms with Crippen molar-refractivity contribution >= 4 is 0 Å². The van der Waals surface area contributed by atoms with E-state index in [2.05, 4.69) is 31.3 Å². The molecule has 2 unspecified atom stereocenters. The van der Waals surface area contributed by atoms with Crippen molar-refractivity contribution in [2.45, 2.75) is 45.8 Å². The highest BCUT2D eigenvalue weighted by atomic mass is 16.5. The Hall–Kier alpha value is -1.53. The Bertz CT molecular complexity index is 398. The van der Waals surface area contributed by atoms with E-state index >= 15 is 0 Å². The largest absolute Gasteiger partial charge is 0.476 e. The zero-order valence-corrected chi connectivity index (χ0v) is 11.4. The summed E-state index contributed by atoms with van der Waals surface area (Å²) in [4.78, 5) is 0. The predicted octanol–water partition coefficient (Wildman–Crippen LogP) is 3.43.